The zero-order valence-electron chi connectivity index (χ0n) is 11.1. The van der Waals surface area contributed by atoms with Crippen molar-refractivity contribution >= 4 is 16.6 Å². The lowest BCUT2D eigenvalue weighted by Gasteiger charge is -2.14. The second kappa shape index (κ2) is 5.22. The third kappa shape index (κ3) is 2.23. The quantitative estimate of drug-likeness (QED) is 0.827. The summed E-state index contributed by atoms with van der Waals surface area (Å²) in [4.78, 5) is 12.2. The van der Waals surface area contributed by atoms with Crippen LogP contribution in [0.3, 0.4) is 0 Å². The number of aromatic nitrogens is 1. The molecule has 5 heteroatoms. The fourth-order valence-corrected chi connectivity index (χ4v) is 2.17. The van der Waals surface area contributed by atoms with Crippen LogP contribution in [0.2, 0.25) is 0 Å². The molecule has 0 aliphatic rings. The highest BCUT2D eigenvalue weighted by atomic mass is 16.5. The summed E-state index contributed by atoms with van der Waals surface area (Å²) in [5, 5.41) is 10.6. The molecule has 0 aliphatic carbocycles. The monoisotopic (exact) mass is 262 g/mol. The highest BCUT2D eigenvalue weighted by Crippen LogP contribution is 2.32. The molecule has 2 aromatic rings. The Labute approximate surface area is 111 Å². The molecular weight excluding hydrogens is 244 g/mol. The van der Waals surface area contributed by atoms with Gasteiger partial charge < -0.3 is 20.1 Å². The maximum Gasteiger partial charge on any atom is 0.297 e. The van der Waals surface area contributed by atoms with E-state index in [-0.39, 0.29) is 11.5 Å². The number of fused-ring (bicyclic) bond motifs is 1. The number of unbranched alkanes of at least 4 members (excludes halogenated alkanes) is 1. The van der Waals surface area contributed by atoms with Crippen molar-refractivity contribution in [1.29, 1.82) is 0 Å². The molecule has 0 fully saturated rings. The van der Waals surface area contributed by atoms with Crippen LogP contribution in [0.25, 0.3) is 10.9 Å². The predicted octanol–water partition coefficient (Wildman–Crippen LogP) is 2.10. The zero-order chi connectivity index (χ0) is 14.0. The highest BCUT2D eigenvalue weighted by Gasteiger charge is 2.16. The summed E-state index contributed by atoms with van der Waals surface area (Å²) in [6.07, 6.45) is 1.82. The smallest absolute Gasteiger partial charge is 0.297 e. The number of methoxy groups -OCH3 is 1. The molecule has 2 rings (SSSR count). The molecule has 3 N–H and O–H groups in total. The minimum atomic E-state index is -0.441. The SMILES string of the molecule is CCCCn1c(=O)c(O)c(OC)c2ccc(N)cc21. The minimum absolute atomic E-state index is 0.202. The fourth-order valence-electron chi connectivity index (χ4n) is 2.17. The normalized spacial score (nSPS) is 10.8. The Morgan fingerprint density at radius 3 is 2.79 bits per heavy atom. The van der Waals surface area contributed by atoms with Gasteiger partial charge in [0.15, 0.2) is 5.75 Å². The lowest BCUT2D eigenvalue weighted by molar-refractivity contribution is 0.370. The van der Waals surface area contributed by atoms with Gasteiger partial charge in [-0.3, -0.25) is 4.79 Å². The van der Waals surface area contributed by atoms with Crippen molar-refractivity contribution in [2.75, 3.05) is 12.8 Å². The van der Waals surface area contributed by atoms with Crippen LogP contribution in [0.4, 0.5) is 5.69 Å². The van der Waals surface area contributed by atoms with Crippen LogP contribution >= 0.6 is 0 Å². The number of aromatic hydroxyl groups is 1. The van der Waals surface area contributed by atoms with E-state index in [1.807, 2.05) is 6.92 Å². The first kappa shape index (κ1) is 13.3. The van der Waals surface area contributed by atoms with E-state index >= 15 is 0 Å². The van der Waals surface area contributed by atoms with E-state index in [0.717, 1.165) is 12.8 Å². The molecule has 0 atom stereocenters. The summed E-state index contributed by atoms with van der Waals surface area (Å²) in [6, 6.07) is 5.21. The Balaban J connectivity index is 2.82. The molecule has 102 valence electrons. The summed E-state index contributed by atoms with van der Waals surface area (Å²) in [5.74, 6) is -0.149. The maximum absolute atomic E-state index is 12.2. The van der Waals surface area contributed by atoms with Crippen LogP contribution in [-0.2, 0) is 6.54 Å². The Morgan fingerprint density at radius 2 is 2.16 bits per heavy atom. The largest absolute Gasteiger partial charge is 0.500 e. The topological polar surface area (TPSA) is 77.5 Å². The second-order valence-electron chi connectivity index (χ2n) is 4.47. The standard InChI is InChI=1S/C14H18N2O3/c1-3-4-7-16-11-8-9(15)5-6-10(11)13(19-2)12(17)14(16)18/h5-6,8,17H,3-4,7,15H2,1-2H3. The lowest BCUT2D eigenvalue weighted by Crippen LogP contribution is -2.21. The average molecular weight is 262 g/mol. The highest BCUT2D eigenvalue weighted by molar-refractivity contribution is 5.89. The summed E-state index contributed by atoms with van der Waals surface area (Å²) in [6.45, 7) is 2.60. The van der Waals surface area contributed by atoms with E-state index in [4.69, 9.17) is 10.5 Å². The van der Waals surface area contributed by atoms with E-state index in [2.05, 4.69) is 0 Å². The molecular formula is C14H18N2O3. The number of nitrogens with zero attached hydrogens (tertiary/aromatic N) is 1. The van der Waals surface area contributed by atoms with Crippen molar-refractivity contribution in [2.45, 2.75) is 26.3 Å². The van der Waals surface area contributed by atoms with Crippen molar-refractivity contribution in [3.63, 3.8) is 0 Å². The van der Waals surface area contributed by atoms with Gasteiger partial charge in [0, 0.05) is 17.6 Å². The molecule has 0 bridgehead atoms. The average Bonchev–Trinajstić information content (AvgIpc) is 2.40. The molecule has 0 unspecified atom stereocenters. The Bertz CT molecular complexity index is 662. The van der Waals surface area contributed by atoms with Gasteiger partial charge in [0.1, 0.15) is 0 Å². The molecule has 0 amide bonds. The van der Waals surface area contributed by atoms with E-state index in [1.54, 1.807) is 22.8 Å². The molecule has 1 heterocycles. The Kier molecular flexibility index (Phi) is 3.64. The number of nitrogens with two attached hydrogens (primary N) is 1. The first-order valence-electron chi connectivity index (χ1n) is 6.29. The van der Waals surface area contributed by atoms with E-state index in [1.165, 1.54) is 7.11 Å². The van der Waals surface area contributed by atoms with Gasteiger partial charge in [0.25, 0.3) is 5.56 Å². The molecule has 0 saturated heterocycles. The molecule has 0 radical (unpaired) electrons. The number of pyridine rings is 1. The van der Waals surface area contributed by atoms with Crippen LogP contribution in [0.5, 0.6) is 11.5 Å². The molecule has 0 aliphatic heterocycles. The molecule has 0 spiro atoms. The third-order valence-corrected chi connectivity index (χ3v) is 3.16. The van der Waals surface area contributed by atoms with Crippen molar-refractivity contribution in [3.05, 3.63) is 28.6 Å². The van der Waals surface area contributed by atoms with Crippen LogP contribution in [0.15, 0.2) is 23.0 Å². The van der Waals surface area contributed by atoms with Crippen molar-refractivity contribution in [2.24, 2.45) is 0 Å². The third-order valence-electron chi connectivity index (χ3n) is 3.16. The summed E-state index contributed by atoms with van der Waals surface area (Å²) in [5.41, 5.74) is 6.60. The molecule has 5 nitrogen and oxygen atoms in total. The van der Waals surface area contributed by atoms with Gasteiger partial charge in [0.2, 0.25) is 5.75 Å². The van der Waals surface area contributed by atoms with E-state index in [0.29, 0.717) is 23.1 Å². The Morgan fingerprint density at radius 1 is 1.42 bits per heavy atom. The van der Waals surface area contributed by atoms with E-state index in [9.17, 15) is 9.90 Å². The Hall–Kier alpha value is -2.17. The first-order chi connectivity index (χ1) is 9.10. The second-order valence-corrected chi connectivity index (χ2v) is 4.47. The van der Waals surface area contributed by atoms with Crippen molar-refractivity contribution < 1.29 is 9.84 Å². The number of nitrogen functional groups attached to an aromatic ring is 1. The van der Waals surface area contributed by atoms with Gasteiger partial charge >= 0.3 is 0 Å². The maximum atomic E-state index is 12.2. The van der Waals surface area contributed by atoms with Gasteiger partial charge in [-0.2, -0.15) is 0 Å². The van der Waals surface area contributed by atoms with Crippen molar-refractivity contribution in [1.82, 2.24) is 4.57 Å². The molecule has 0 saturated carbocycles. The van der Waals surface area contributed by atoms with Gasteiger partial charge in [0.05, 0.1) is 12.6 Å². The zero-order valence-corrected chi connectivity index (χ0v) is 11.1. The number of ether oxygens (including phenoxy) is 1. The lowest BCUT2D eigenvalue weighted by atomic mass is 10.1. The minimum Gasteiger partial charge on any atom is -0.500 e. The summed E-state index contributed by atoms with van der Waals surface area (Å²) >= 11 is 0. The van der Waals surface area contributed by atoms with Gasteiger partial charge in [-0.15, -0.1) is 0 Å². The number of benzene rings is 1. The van der Waals surface area contributed by atoms with Crippen LogP contribution in [-0.4, -0.2) is 16.8 Å². The number of rotatable bonds is 4. The first-order valence-corrected chi connectivity index (χ1v) is 6.29. The number of hydrogen-bond donors (Lipinski definition) is 2. The summed E-state index contributed by atoms with van der Waals surface area (Å²) in [7, 11) is 1.43. The predicted molar refractivity (Wildman–Crippen MR) is 75.7 cm³/mol. The molecule has 1 aromatic carbocycles. The number of hydrogen-bond acceptors (Lipinski definition) is 4. The molecule has 1 aromatic heterocycles. The van der Waals surface area contributed by atoms with Crippen LogP contribution < -0.4 is 16.0 Å². The van der Waals surface area contributed by atoms with E-state index < -0.39 is 5.56 Å². The van der Waals surface area contributed by atoms with Gasteiger partial charge in [-0.05, 0) is 24.6 Å². The molecule has 19 heavy (non-hydrogen) atoms. The number of anilines is 1. The van der Waals surface area contributed by atoms with Crippen LogP contribution in [0, 0.1) is 0 Å². The fraction of sp³-hybridized carbons (Fsp3) is 0.357. The van der Waals surface area contributed by atoms with Gasteiger partial charge in [-0.1, -0.05) is 13.3 Å². The van der Waals surface area contributed by atoms with Crippen molar-refractivity contribution in [3.8, 4) is 11.5 Å². The number of aryl methyl sites for hydroxylation is 1. The summed E-state index contributed by atoms with van der Waals surface area (Å²) < 4.78 is 6.68. The van der Waals surface area contributed by atoms with Crippen LogP contribution in [0.1, 0.15) is 19.8 Å². The van der Waals surface area contributed by atoms with Gasteiger partial charge in [-0.25, -0.2) is 0 Å².